The molecule has 0 aliphatic carbocycles. The van der Waals surface area contributed by atoms with Crippen LogP contribution in [-0.2, 0) is 24.4 Å². The van der Waals surface area contributed by atoms with Gasteiger partial charge in [0, 0.05) is 12.4 Å². The van der Waals surface area contributed by atoms with Crippen LogP contribution in [0.2, 0.25) is 0 Å². The Kier molecular flexibility index (Phi) is 3.89. The molecule has 1 aliphatic rings. The summed E-state index contributed by atoms with van der Waals surface area (Å²) < 4.78 is 45.1. The van der Waals surface area contributed by atoms with Gasteiger partial charge in [-0.25, -0.2) is 4.79 Å². The summed E-state index contributed by atoms with van der Waals surface area (Å²) in [5.74, 6) is -0.314. The second-order valence-electron chi connectivity index (χ2n) is 5.11. The van der Waals surface area contributed by atoms with Crippen LogP contribution >= 0.6 is 0 Å². The van der Waals surface area contributed by atoms with Gasteiger partial charge in [0.2, 0.25) is 0 Å². The third kappa shape index (κ3) is 3.77. The summed E-state index contributed by atoms with van der Waals surface area (Å²) in [5, 5.41) is 0. The van der Waals surface area contributed by atoms with Crippen molar-refractivity contribution in [2.24, 2.45) is 0 Å². The van der Waals surface area contributed by atoms with E-state index in [0.29, 0.717) is 18.7 Å². The van der Waals surface area contributed by atoms with Gasteiger partial charge in [-0.1, -0.05) is 12.1 Å². The van der Waals surface area contributed by atoms with Crippen molar-refractivity contribution in [1.82, 2.24) is 9.88 Å². The first kappa shape index (κ1) is 15.3. The number of benzene rings is 1. The number of carbonyl (C=O) groups excluding carboxylic acids is 1. The number of alkyl halides is 3. The lowest BCUT2D eigenvalue weighted by Gasteiger charge is -2.15. The van der Waals surface area contributed by atoms with Gasteiger partial charge in [0.05, 0.1) is 13.1 Å². The number of nitrogens with zero attached hydrogens (tertiary/aromatic N) is 1. The number of ether oxygens (including phenoxy) is 2. The van der Waals surface area contributed by atoms with E-state index in [1.165, 1.54) is 24.3 Å². The average Bonchev–Trinajstić information content (AvgIpc) is 3.05. The highest BCUT2D eigenvalue weighted by Crippen LogP contribution is 2.24. The first-order valence-electron chi connectivity index (χ1n) is 6.81. The molecule has 1 amide bonds. The summed E-state index contributed by atoms with van der Waals surface area (Å²) >= 11 is 0. The van der Waals surface area contributed by atoms with Gasteiger partial charge in [0.15, 0.2) is 0 Å². The van der Waals surface area contributed by atoms with Gasteiger partial charge in [0.1, 0.15) is 12.4 Å². The highest BCUT2D eigenvalue weighted by Gasteiger charge is 2.31. The number of aromatic amines is 1. The minimum absolute atomic E-state index is 0.0159. The highest BCUT2D eigenvalue weighted by atomic mass is 19.4. The maximum absolute atomic E-state index is 12.1. The van der Waals surface area contributed by atoms with E-state index in [1.54, 1.807) is 4.90 Å². The minimum atomic E-state index is -4.72. The number of halogens is 3. The fourth-order valence-electron chi connectivity index (χ4n) is 2.34. The Bertz CT molecular complexity index is 674. The molecule has 3 rings (SSSR count). The van der Waals surface area contributed by atoms with Gasteiger partial charge >= 0.3 is 12.5 Å². The quantitative estimate of drug-likeness (QED) is 0.938. The summed E-state index contributed by atoms with van der Waals surface area (Å²) in [6, 6.07) is 5.19. The zero-order valence-corrected chi connectivity index (χ0v) is 11.9. The van der Waals surface area contributed by atoms with Crippen LogP contribution < -0.4 is 4.74 Å². The molecule has 5 nitrogen and oxygen atoms in total. The Morgan fingerprint density at radius 1 is 1.13 bits per heavy atom. The summed E-state index contributed by atoms with van der Waals surface area (Å²) in [4.78, 5) is 16.5. The van der Waals surface area contributed by atoms with Gasteiger partial charge in [-0.15, -0.1) is 13.2 Å². The Morgan fingerprint density at radius 3 is 2.30 bits per heavy atom. The monoisotopic (exact) mass is 326 g/mol. The van der Waals surface area contributed by atoms with Crippen molar-refractivity contribution < 1.29 is 27.4 Å². The van der Waals surface area contributed by atoms with E-state index >= 15 is 0 Å². The fourth-order valence-corrected chi connectivity index (χ4v) is 2.34. The molecule has 0 spiro atoms. The van der Waals surface area contributed by atoms with Crippen LogP contribution in [0.3, 0.4) is 0 Å². The molecule has 0 atom stereocenters. The highest BCUT2D eigenvalue weighted by molar-refractivity contribution is 5.68. The van der Waals surface area contributed by atoms with Crippen molar-refractivity contribution >= 4 is 6.09 Å². The van der Waals surface area contributed by atoms with Crippen molar-refractivity contribution in [2.45, 2.75) is 26.1 Å². The Hall–Kier alpha value is -2.64. The second kappa shape index (κ2) is 5.86. The summed E-state index contributed by atoms with van der Waals surface area (Å²) in [6.45, 7) is 0.948. The number of nitrogens with one attached hydrogen (secondary N) is 1. The predicted octanol–water partition coefficient (Wildman–Crippen LogP) is 3.57. The molecule has 0 radical (unpaired) electrons. The minimum Gasteiger partial charge on any atom is -0.445 e. The number of H-pyrrole nitrogens is 1. The first-order valence-corrected chi connectivity index (χ1v) is 6.81. The summed E-state index contributed by atoms with van der Waals surface area (Å²) in [6.07, 6.45) is -1.51. The van der Waals surface area contributed by atoms with Gasteiger partial charge in [0.25, 0.3) is 0 Å². The fraction of sp³-hybridized carbons (Fsp3) is 0.267. The molecule has 0 saturated heterocycles. The predicted molar refractivity (Wildman–Crippen MR) is 73.3 cm³/mol. The van der Waals surface area contributed by atoms with Crippen molar-refractivity contribution in [3.63, 3.8) is 0 Å². The van der Waals surface area contributed by atoms with Crippen molar-refractivity contribution in [1.29, 1.82) is 0 Å². The van der Waals surface area contributed by atoms with E-state index < -0.39 is 12.5 Å². The molecule has 8 heteroatoms. The first-order chi connectivity index (χ1) is 10.9. The lowest BCUT2D eigenvalue weighted by molar-refractivity contribution is -0.274. The SMILES string of the molecule is O=C(OCc1ccc(OC(F)(F)F)cc1)N1Cc2c[nH]cc2C1. The second-order valence-corrected chi connectivity index (χ2v) is 5.11. The molecule has 1 aliphatic heterocycles. The van der Waals surface area contributed by atoms with Crippen LogP contribution in [0.5, 0.6) is 5.75 Å². The number of carbonyl (C=O) groups is 1. The van der Waals surface area contributed by atoms with Crippen LogP contribution in [-0.4, -0.2) is 22.3 Å². The van der Waals surface area contributed by atoms with Gasteiger partial charge in [-0.05, 0) is 28.8 Å². The molecule has 2 heterocycles. The summed E-state index contributed by atoms with van der Waals surface area (Å²) in [5.41, 5.74) is 2.68. The van der Waals surface area contributed by atoms with E-state index in [9.17, 15) is 18.0 Å². The molecule has 23 heavy (non-hydrogen) atoms. The Balaban J connectivity index is 1.50. The lowest BCUT2D eigenvalue weighted by Crippen LogP contribution is -2.26. The number of aromatic nitrogens is 1. The number of fused-ring (bicyclic) bond motifs is 1. The lowest BCUT2D eigenvalue weighted by atomic mass is 10.2. The van der Waals surface area contributed by atoms with Gasteiger partial charge in [-0.3, -0.25) is 4.90 Å². The van der Waals surface area contributed by atoms with Crippen molar-refractivity contribution in [2.75, 3.05) is 0 Å². The zero-order chi connectivity index (χ0) is 16.4. The number of hydrogen-bond acceptors (Lipinski definition) is 3. The molecule has 0 saturated carbocycles. The van der Waals surface area contributed by atoms with Crippen LogP contribution in [0.25, 0.3) is 0 Å². The van der Waals surface area contributed by atoms with Crippen LogP contribution in [0, 0.1) is 0 Å². The van der Waals surface area contributed by atoms with Crippen LogP contribution in [0.4, 0.5) is 18.0 Å². The molecular formula is C15H13F3N2O3. The molecular weight excluding hydrogens is 313 g/mol. The number of amides is 1. The van der Waals surface area contributed by atoms with Crippen molar-refractivity contribution in [3.8, 4) is 5.75 Å². The molecule has 1 aromatic heterocycles. The molecule has 0 bridgehead atoms. The number of hydrogen-bond donors (Lipinski definition) is 1. The average molecular weight is 326 g/mol. The third-order valence-electron chi connectivity index (χ3n) is 3.43. The molecule has 1 aromatic carbocycles. The normalized spacial score (nSPS) is 13.8. The maximum atomic E-state index is 12.1. The van der Waals surface area contributed by atoms with Crippen LogP contribution in [0.1, 0.15) is 16.7 Å². The van der Waals surface area contributed by atoms with Crippen LogP contribution in [0.15, 0.2) is 36.7 Å². The smallest absolute Gasteiger partial charge is 0.445 e. The Morgan fingerprint density at radius 2 is 1.74 bits per heavy atom. The maximum Gasteiger partial charge on any atom is 0.573 e. The van der Waals surface area contributed by atoms with Gasteiger partial charge < -0.3 is 14.5 Å². The Labute approximate surface area is 129 Å². The standard InChI is InChI=1S/C15H13F3N2O3/c16-15(17,18)23-13-3-1-10(2-4-13)9-22-14(21)20-7-11-5-19-6-12(11)8-20/h1-6,19H,7-9H2. The van der Waals surface area contributed by atoms with E-state index in [2.05, 4.69) is 9.72 Å². The molecule has 0 fully saturated rings. The van der Waals surface area contributed by atoms with E-state index in [1.807, 2.05) is 12.4 Å². The van der Waals surface area contributed by atoms with E-state index in [4.69, 9.17) is 4.74 Å². The molecule has 0 unspecified atom stereocenters. The number of rotatable bonds is 3. The zero-order valence-electron chi connectivity index (χ0n) is 11.9. The van der Waals surface area contributed by atoms with E-state index in [0.717, 1.165) is 11.1 Å². The topological polar surface area (TPSA) is 54.6 Å². The third-order valence-corrected chi connectivity index (χ3v) is 3.43. The summed E-state index contributed by atoms with van der Waals surface area (Å²) in [7, 11) is 0. The molecule has 2 aromatic rings. The van der Waals surface area contributed by atoms with Gasteiger partial charge in [-0.2, -0.15) is 0 Å². The largest absolute Gasteiger partial charge is 0.573 e. The van der Waals surface area contributed by atoms with E-state index in [-0.39, 0.29) is 12.4 Å². The molecule has 122 valence electrons. The molecule has 1 N–H and O–H groups in total. The van der Waals surface area contributed by atoms with Crippen molar-refractivity contribution in [3.05, 3.63) is 53.3 Å².